The lowest BCUT2D eigenvalue weighted by atomic mass is 9.94. The first-order chi connectivity index (χ1) is 10.4. The van der Waals surface area contributed by atoms with E-state index in [-0.39, 0.29) is 11.3 Å². The topological polar surface area (TPSA) is 41.5 Å². The minimum Gasteiger partial charge on any atom is -0.310 e. The number of hydrogen-bond donors (Lipinski definition) is 1. The van der Waals surface area contributed by atoms with Gasteiger partial charge in [0, 0.05) is 11.0 Å². The van der Waals surface area contributed by atoms with Gasteiger partial charge in [0.2, 0.25) is 0 Å². The third-order valence-corrected chi connectivity index (χ3v) is 3.25. The van der Waals surface area contributed by atoms with Gasteiger partial charge in [-0.1, -0.05) is 56.7 Å². The van der Waals surface area contributed by atoms with Crippen LogP contribution in [0.4, 0.5) is 5.69 Å². The molecule has 0 radical (unpaired) electrons. The largest absolute Gasteiger partial charge is 0.310 e. The lowest BCUT2D eigenvalue weighted by Crippen LogP contribution is -2.39. The van der Waals surface area contributed by atoms with Crippen LogP contribution in [0.1, 0.15) is 36.7 Å². The zero-order valence-electron chi connectivity index (χ0n) is 13.6. The van der Waals surface area contributed by atoms with Gasteiger partial charge in [0.15, 0.2) is 0 Å². The van der Waals surface area contributed by atoms with E-state index in [2.05, 4.69) is 10.3 Å². The zero-order chi connectivity index (χ0) is 16.2. The van der Waals surface area contributed by atoms with Crippen LogP contribution in [-0.4, -0.2) is 11.7 Å². The molecule has 0 aliphatic heterocycles. The number of benzene rings is 2. The Morgan fingerprint density at radius 3 is 2.09 bits per heavy atom. The third kappa shape index (κ3) is 4.29. The fraction of sp³-hybridized carbons (Fsp3) is 0.263. The molecule has 2 rings (SSSR count). The molecule has 2 aromatic carbocycles. The SMILES string of the molecule is Cc1ccc(C(=O)NC(=Nc2ccccc2)C(C)(C)C)cc1. The summed E-state index contributed by atoms with van der Waals surface area (Å²) < 4.78 is 0. The Bertz CT molecular complexity index is 665. The molecular weight excluding hydrogens is 272 g/mol. The Kier molecular flexibility index (Phi) is 4.76. The fourth-order valence-corrected chi connectivity index (χ4v) is 1.90. The van der Waals surface area contributed by atoms with E-state index in [1.807, 2.05) is 82.3 Å². The third-order valence-electron chi connectivity index (χ3n) is 3.25. The van der Waals surface area contributed by atoms with Gasteiger partial charge in [-0.15, -0.1) is 0 Å². The van der Waals surface area contributed by atoms with E-state index in [9.17, 15) is 4.79 Å². The first kappa shape index (κ1) is 16.0. The minimum atomic E-state index is -0.254. The van der Waals surface area contributed by atoms with Crippen LogP contribution in [0.25, 0.3) is 0 Å². The van der Waals surface area contributed by atoms with Crippen LogP contribution in [0, 0.1) is 12.3 Å². The summed E-state index contributed by atoms with van der Waals surface area (Å²) in [6.45, 7) is 8.09. The highest BCUT2D eigenvalue weighted by Gasteiger charge is 2.22. The van der Waals surface area contributed by atoms with Crippen molar-refractivity contribution >= 4 is 17.4 Å². The maximum atomic E-state index is 12.4. The number of nitrogens with zero attached hydrogens (tertiary/aromatic N) is 1. The summed E-state index contributed by atoms with van der Waals surface area (Å²) in [7, 11) is 0. The molecule has 3 nitrogen and oxygen atoms in total. The van der Waals surface area contributed by atoms with Gasteiger partial charge >= 0.3 is 0 Å². The summed E-state index contributed by atoms with van der Waals surface area (Å²) in [5.41, 5.74) is 2.34. The number of aryl methyl sites for hydroxylation is 1. The number of carbonyl (C=O) groups is 1. The van der Waals surface area contributed by atoms with E-state index >= 15 is 0 Å². The van der Waals surface area contributed by atoms with E-state index in [0.717, 1.165) is 11.3 Å². The molecule has 114 valence electrons. The van der Waals surface area contributed by atoms with Crippen molar-refractivity contribution in [2.45, 2.75) is 27.7 Å². The van der Waals surface area contributed by atoms with E-state index in [4.69, 9.17) is 0 Å². The molecule has 0 aliphatic carbocycles. The second-order valence-corrected chi connectivity index (χ2v) is 6.37. The first-order valence-electron chi connectivity index (χ1n) is 7.38. The highest BCUT2D eigenvalue weighted by Crippen LogP contribution is 2.20. The van der Waals surface area contributed by atoms with Crippen molar-refractivity contribution in [3.05, 3.63) is 65.7 Å². The highest BCUT2D eigenvalue weighted by molar-refractivity contribution is 6.08. The number of rotatable bonds is 2. The number of amidine groups is 1. The van der Waals surface area contributed by atoms with Crippen molar-refractivity contribution in [2.24, 2.45) is 10.4 Å². The van der Waals surface area contributed by atoms with Gasteiger partial charge in [-0.3, -0.25) is 4.79 Å². The molecule has 1 N–H and O–H groups in total. The molecule has 0 fully saturated rings. The summed E-state index contributed by atoms with van der Waals surface area (Å²) in [5, 5.41) is 2.95. The van der Waals surface area contributed by atoms with E-state index in [1.54, 1.807) is 0 Å². The van der Waals surface area contributed by atoms with Gasteiger partial charge in [-0.05, 0) is 31.2 Å². The zero-order valence-corrected chi connectivity index (χ0v) is 13.6. The summed E-state index contributed by atoms with van der Waals surface area (Å²) in [4.78, 5) is 17.0. The number of amides is 1. The Morgan fingerprint density at radius 1 is 0.955 bits per heavy atom. The number of aliphatic imine (C=N–C) groups is 1. The summed E-state index contributed by atoms with van der Waals surface area (Å²) in [6, 6.07) is 17.2. The second-order valence-electron chi connectivity index (χ2n) is 6.37. The molecule has 3 heteroatoms. The standard InChI is InChI=1S/C19H22N2O/c1-14-10-12-15(13-11-14)17(22)21-18(19(2,3)4)20-16-8-6-5-7-9-16/h5-13H,1-4H3,(H,20,21,22). The molecule has 0 heterocycles. The molecule has 2 aromatic rings. The van der Waals surface area contributed by atoms with Crippen LogP contribution in [-0.2, 0) is 0 Å². The first-order valence-corrected chi connectivity index (χ1v) is 7.38. The van der Waals surface area contributed by atoms with Crippen LogP contribution in [0.5, 0.6) is 0 Å². The van der Waals surface area contributed by atoms with E-state index in [1.165, 1.54) is 0 Å². The summed E-state index contributed by atoms with van der Waals surface area (Å²) in [6.07, 6.45) is 0. The molecule has 0 saturated carbocycles. The minimum absolute atomic E-state index is 0.135. The van der Waals surface area contributed by atoms with Crippen molar-refractivity contribution < 1.29 is 4.79 Å². The molecule has 1 amide bonds. The monoisotopic (exact) mass is 294 g/mol. The molecular formula is C19H22N2O. The van der Waals surface area contributed by atoms with Gasteiger partial charge in [0.05, 0.1) is 5.69 Å². The van der Waals surface area contributed by atoms with Gasteiger partial charge in [-0.25, -0.2) is 4.99 Å². The molecule has 0 bridgehead atoms. The van der Waals surface area contributed by atoms with Gasteiger partial charge in [0.25, 0.3) is 5.91 Å². The van der Waals surface area contributed by atoms with Crippen LogP contribution >= 0.6 is 0 Å². The fourth-order valence-electron chi connectivity index (χ4n) is 1.90. The number of nitrogens with one attached hydrogen (secondary N) is 1. The van der Waals surface area contributed by atoms with Crippen molar-refractivity contribution in [3.8, 4) is 0 Å². The van der Waals surface area contributed by atoms with Crippen molar-refractivity contribution in [3.63, 3.8) is 0 Å². The van der Waals surface area contributed by atoms with Crippen LogP contribution < -0.4 is 5.32 Å². The lowest BCUT2D eigenvalue weighted by molar-refractivity contribution is 0.0974. The van der Waals surface area contributed by atoms with Gasteiger partial charge < -0.3 is 5.32 Å². The van der Waals surface area contributed by atoms with Crippen molar-refractivity contribution in [1.29, 1.82) is 0 Å². The normalized spacial score (nSPS) is 12.1. The molecule has 0 spiro atoms. The maximum absolute atomic E-state index is 12.4. The predicted octanol–water partition coefficient (Wildman–Crippen LogP) is 4.50. The van der Waals surface area contributed by atoms with Crippen LogP contribution in [0.3, 0.4) is 0 Å². The molecule has 0 atom stereocenters. The second kappa shape index (κ2) is 6.56. The molecule has 22 heavy (non-hydrogen) atoms. The smallest absolute Gasteiger partial charge is 0.256 e. The summed E-state index contributed by atoms with van der Waals surface area (Å²) >= 11 is 0. The van der Waals surface area contributed by atoms with E-state index < -0.39 is 0 Å². The van der Waals surface area contributed by atoms with Gasteiger partial charge in [0.1, 0.15) is 5.84 Å². The number of para-hydroxylation sites is 1. The molecule has 0 aliphatic rings. The highest BCUT2D eigenvalue weighted by atomic mass is 16.1. The Balaban J connectivity index is 2.26. The van der Waals surface area contributed by atoms with Crippen LogP contribution in [0.15, 0.2) is 59.6 Å². The van der Waals surface area contributed by atoms with E-state index in [0.29, 0.717) is 11.4 Å². The quantitative estimate of drug-likeness (QED) is 0.643. The Labute approximate surface area is 132 Å². The summed E-state index contributed by atoms with van der Waals surface area (Å²) in [5.74, 6) is 0.522. The average Bonchev–Trinajstić information content (AvgIpc) is 2.47. The maximum Gasteiger partial charge on any atom is 0.256 e. The number of carbonyl (C=O) groups excluding carboxylic acids is 1. The Hall–Kier alpha value is -2.42. The average molecular weight is 294 g/mol. The number of hydrogen-bond acceptors (Lipinski definition) is 2. The van der Waals surface area contributed by atoms with Crippen LogP contribution in [0.2, 0.25) is 0 Å². The van der Waals surface area contributed by atoms with Crippen molar-refractivity contribution in [2.75, 3.05) is 0 Å². The molecule has 0 saturated heterocycles. The lowest BCUT2D eigenvalue weighted by Gasteiger charge is -2.22. The molecule has 0 aromatic heterocycles. The van der Waals surface area contributed by atoms with Gasteiger partial charge in [-0.2, -0.15) is 0 Å². The predicted molar refractivity (Wildman–Crippen MR) is 91.6 cm³/mol. The molecule has 0 unspecified atom stereocenters. The Morgan fingerprint density at radius 2 is 1.55 bits per heavy atom. The van der Waals surface area contributed by atoms with Crippen molar-refractivity contribution in [1.82, 2.24) is 5.32 Å².